The van der Waals surface area contributed by atoms with Crippen LogP contribution in [0.1, 0.15) is 28.2 Å². The highest BCUT2D eigenvalue weighted by Crippen LogP contribution is 2.08. The molecule has 0 saturated carbocycles. The summed E-state index contributed by atoms with van der Waals surface area (Å²) in [5, 5.41) is 2.68. The fourth-order valence-electron chi connectivity index (χ4n) is 3.16. The Hall–Kier alpha value is -2.80. The maximum absolute atomic E-state index is 12.5. The Kier molecular flexibility index (Phi) is 6.49. The highest BCUT2D eigenvalue weighted by Gasteiger charge is 2.20. The number of pyridine rings is 2. The minimum absolute atomic E-state index is 0.00711. The van der Waals surface area contributed by atoms with Gasteiger partial charge in [-0.2, -0.15) is 0 Å². The molecule has 7 heteroatoms. The summed E-state index contributed by atoms with van der Waals surface area (Å²) >= 11 is 0. The van der Waals surface area contributed by atoms with Gasteiger partial charge >= 0.3 is 0 Å². The van der Waals surface area contributed by atoms with Crippen LogP contribution in [0.3, 0.4) is 0 Å². The van der Waals surface area contributed by atoms with Crippen LogP contribution in [0.15, 0.2) is 42.7 Å². The second-order valence-corrected chi connectivity index (χ2v) is 6.71. The quantitative estimate of drug-likeness (QED) is 0.861. The molecule has 3 heterocycles. The lowest BCUT2D eigenvalue weighted by Crippen LogP contribution is -2.42. The van der Waals surface area contributed by atoms with E-state index in [0.29, 0.717) is 18.7 Å². The van der Waals surface area contributed by atoms with E-state index in [2.05, 4.69) is 20.2 Å². The predicted octanol–water partition coefficient (Wildman–Crippen LogP) is 1.25. The van der Waals surface area contributed by atoms with Gasteiger partial charge in [0.2, 0.25) is 5.91 Å². The summed E-state index contributed by atoms with van der Waals surface area (Å²) in [5.74, 6) is -0.332. The molecule has 0 aliphatic carbocycles. The van der Waals surface area contributed by atoms with Gasteiger partial charge in [0, 0.05) is 50.8 Å². The Labute approximate surface area is 159 Å². The molecule has 0 aromatic carbocycles. The van der Waals surface area contributed by atoms with Gasteiger partial charge in [-0.1, -0.05) is 6.07 Å². The molecule has 1 aliphatic heterocycles. The number of hydrogen-bond donors (Lipinski definition) is 1. The molecular weight excluding hydrogens is 342 g/mol. The topological polar surface area (TPSA) is 78.4 Å². The normalized spacial score (nSPS) is 15.2. The van der Waals surface area contributed by atoms with Crippen molar-refractivity contribution in [3.05, 3.63) is 59.7 Å². The third kappa shape index (κ3) is 5.59. The first kappa shape index (κ1) is 19.0. The third-order valence-electron chi connectivity index (χ3n) is 4.60. The number of nitrogens with zero attached hydrogens (tertiary/aromatic N) is 4. The number of aryl methyl sites for hydroxylation is 1. The fourth-order valence-corrected chi connectivity index (χ4v) is 3.16. The minimum Gasteiger partial charge on any atom is -0.343 e. The molecule has 1 aliphatic rings. The Bertz CT molecular complexity index is 781. The maximum atomic E-state index is 12.5. The highest BCUT2D eigenvalue weighted by molar-refractivity contribution is 5.96. The first-order valence-corrected chi connectivity index (χ1v) is 9.23. The van der Waals surface area contributed by atoms with Crippen molar-refractivity contribution >= 4 is 11.8 Å². The van der Waals surface area contributed by atoms with E-state index in [1.54, 1.807) is 18.3 Å². The van der Waals surface area contributed by atoms with Gasteiger partial charge in [0.05, 0.1) is 17.8 Å². The van der Waals surface area contributed by atoms with Gasteiger partial charge in [-0.25, -0.2) is 0 Å². The average Bonchev–Trinajstić information content (AvgIpc) is 2.92. The largest absolute Gasteiger partial charge is 0.343 e. The molecule has 2 aromatic rings. The number of nitrogens with one attached hydrogen (secondary N) is 1. The number of carbonyl (C=O) groups is 2. The summed E-state index contributed by atoms with van der Waals surface area (Å²) in [7, 11) is 0. The second kappa shape index (κ2) is 9.23. The lowest BCUT2D eigenvalue weighted by atomic mass is 10.2. The number of rotatable bonds is 5. The van der Waals surface area contributed by atoms with Crippen molar-refractivity contribution in [3.63, 3.8) is 0 Å². The zero-order valence-electron chi connectivity index (χ0n) is 15.6. The van der Waals surface area contributed by atoms with E-state index in [9.17, 15) is 9.59 Å². The second-order valence-electron chi connectivity index (χ2n) is 6.71. The highest BCUT2D eigenvalue weighted by atomic mass is 16.2. The van der Waals surface area contributed by atoms with E-state index < -0.39 is 0 Å². The standard InChI is InChI=1S/C20H25N5O2/c1-16-5-2-7-18(23-16)15-24-9-4-10-25(12-11-24)19(26)14-22-20(27)17-6-3-8-21-13-17/h2-3,5-8,13H,4,9-12,14-15H2,1H3,(H,22,27). The molecule has 1 fully saturated rings. The van der Waals surface area contributed by atoms with Crippen molar-refractivity contribution in [1.29, 1.82) is 0 Å². The van der Waals surface area contributed by atoms with Crippen molar-refractivity contribution < 1.29 is 9.59 Å². The Morgan fingerprint density at radius 3 is 2.78 bits per heavy atom. The molecule has 2 amide bonds. The molecule has 7 nitrogen and oxygen atoms in total. The van der Waals surface area contributed by atoms with Crippen LogP contribution in [0.4, 0.5) is 0 Å². The molecule has 0 bridgehead atoms. The smallest absolute Gasteiger partial charge is 0.253 e. The van der Waals surface area contributed by atoms with Crippen LogP contribution in [0, 0.1) is 6.92 Å². The summed E-state index contributed by atoms with van der Waals surface area (Å²) in [5.41, 5.74) is 2.53. The van der Waals surface area contributed by atoms with Gasteiger partial charge in [-0.3, -0.25) is 24.5 Å². The van der Waals surface area contributed by atoms with Crippen molar-refractivity contribution in [2.24, 2.45) is 0 Å². The first-order valence-electron chi connectivity index (χ1n) is 9.23. The summed E-state index contributed by atoms with van der Waals surface area (Å²) in [6, 6.07) is 9.43. The molecule has 0 atom stereocenters. The van der Waals surface area contributed by atoms with Crippen molar-refractivity contribution in [1.82, 2.24) is 25.1 Å². The molecule has 3 rings (SSSR count). The van der Waals surface area contributed by atoms with Crippen molar-refractivity contribution in [2.75, 3.05) is 32.7 Å². The Balaban J connectivity index is 1.47. The molecule has 0 spiro atoms. The number of hydrogen-bond acceptors (Lipinski definition) is 5. The van der Waals surface area contributed by atoms with Crippen LogP contribution < -0.4 is 5.32 Å². The summed E-state index contributed by atoms with van der Waals surface area (Å²) in [6.45, 7) is 5.90. The van der Waals surface area contributed by atoms with Crippen LogP contribution in [0.2, 0.25) is 0 Å². The fraction of sp³-hybridized carbons (Fsp3) is 0.400. The molecule has 1 N–H and O–H groups in total. The van der Waals surface area contributed by atoms with E-state index in [0.717, 1.165) is 37.4 Å². The SMILES string of the molecule is Cc1cccc(CN2CCCN(C(=O)CNC(=O)c3cccnc3)CC2)n1. The van der Waals surface area contributed by atoms with E-state index in [1.165, 1.54) is 6.20 Å². The molecule has 27 heavy (non-hydrogen) atoms. The van der Waals surface area contributed by atoms with Gasteiger partial charge in [-0.15, -0.1) is 0 Å². The molecule has 0 radical (unpaired) electrons. The Morgan fingerprint density at radius 2 is 2.00 bits per heavy atom. The molecule has 2 aromatic heterocycles. The first-order chi connectivity index (χ1) is 13.1. The van der Waals surface area contributed by atoms with Crippen LogP contribution in [-0.4, -0.2) is 64.3 Å². The van der Waals surface area contributed by atoms with Gasteiger partial charge in [0.25, 0.3) is 5.91 Å². The summed E-state index contributed by atoms with van der Waals surface area (Å²) in [6.07, 6.45) is 4.01. The van der Waals surface area contributed by atoms with Crippen molar-refractivity contribution in [3.8, 4) is 0 Å². The number of aromatic nitrogens is 2. The number of carbonyl (C=O) groups excluding carboxylic acids is 2. The third-order valence-corrected chi connectivity index (χ3v) is 4.60. The zero-order chi connectivity index (χ0) is 19.1. The summed E-state index contributed by atoms with van der Waals surface area (Å²) < 4.78 is 0. The van der Waals surface area contributed by atoms with Crippen LogP contribution in [0.25, 0.3) is 0 Å². The van der Waals surface area contributed by atoms with Gasteiger partial charge in [0.15, 0.2) is 0 Å². The number of amides is 2. The van der Waals surface area contributed by atoms with Crippen molar-refractivity contribution in [2.45, 2.75) is 19.9 Å². The molecular formula is C20H25N5O2. The molecule has 1 saturated heterocycles. The van der Waals surface area contributed by atoms with Crippen LogP contribution >= 0.6 is 0 Å². The molecule has 142 valence electrons. The maximum Gasteiger partial charge on any atom is 0.253 e. The monoisotopic (exact) mass is 367 g/mol. The van der Waals surface area contributed by atoms with Gasteiger partial charge in [0.1, 0.15) is 0 Å². The van der Waals surface area contributed by atoms with Gasteiger partial charge in [-0.05, 0) is 37.6 Å². The van der Waals surface area contributed by atoms with Crippen LogP contribution in [0.5, 0.6) is 0 Å². The van der Waals surface area contributed by atoms with E-state index in [1.807, 2.05) is 30.0 Å². The lowest BCUT2D eigenvalue weighted by molar-refractivity contribution is -0.130. The van der Waals surface area contributed by atoms with E-state index in [-0.39, 0.29) is 18.4 Å². The minimum atomic E-state index is -0.279. The Morgan fingerprint density at radius 1 is 1.11 bits per heavy atom. The predicted molar refractivity (Wildman–Crippen MR) is 102 cm³/mol. The summed E-state index contributed by atoms with van der Waals surface area (Å²) in [4.78, 5) is 37.1. The van der Waals surface area contributed by atoms with E-state index in [4.69, 9.17) is 0 Å². The van der Waals surface area contributed by atoms with Crippen LogP contribution in [-0.2, 0) is 11.3 Å². The zero-order valence-corrected chi connectivity index (χ0v) is 15.6. The van der Waals surface area contributed by atoms with E-state index >= 15 is 0 Å². The lowest BCUT2D eigenvalue weighted by Gasteiger charge is -2.22. The van der Waals surface area contributed by atoms with Gasteiger partial charge < -0.3 is 10.2 Å². The molecule has 0 unspecified atom stereocenters. The average molecular weight is 367 g/mol.